The highest BCUT2D eigenvalue weighted by Crippen LogP contribution is 2.18. The number of hydrogen-bond acceptors (Lipinski definition) is 4. The van der Waals surface area contributed by atoms with Crippen molar-refractivity contribution in [2.75, 3.05) is 26.3 Å². The van der Waals surface area contributed by atoms with Crippen molar-refractivity contribution in [1.29, 1.82) is 5.26 Å². The van der Waals surface area contributed by atoms with Crippen LogP contribution in [0, 0.1) is 11.3 Å². The van der Waals surface area contributed by atoms with Crippen LogP contribution in [0.25, 0.3) is 0 Å². The second-order valence-electron chi connectivity index (χ2n) is 4.16. The van der Waals surface area contributed by atoms with Gasteiger partial charge in [-0.3, -0.25) is 9.59 Å². The summed E-state index contributed by atoms with van der Waals surface area (Å²) < 4.78 is 5.25. The zero-order chi connectivity index (χ0) is 12.2. The summed E-state index contributed by atoms with van der Waals surface area (Å²) in [6.07, 6.45) is 0. The minimum absolute atomic E-state index is 0.157. The maximum absolute atomic E-state index is 11.8. The summed E-state index contributed by atoms with van der Waals surface area (Å²) >= 11 is 0. The van der Waals surface area contributed by atoms with E-state index < -0.39 is 17.4 Å². The van der Waals surface area contributed by atoms with Crippen LogP contribution in [0.5, 0.6) is 0 Å². The van der Waals surface area contributed by atoms with Gasteiger partial charge in [-0.15, -0.1) is 0 Å². The van der Waals surface area contributed by atoms with Gasteiger partial charge in [0.15, 0.2) is 0 Å². The number of morpholine rings is 1. The number of nitrogens with zero attached hydrogens (tertiary/aromatic N) is 2. The first-order valence-electron chi connectivity index (χ1n) is 5.03. The van der Waals surface area contributed by atoms with Crippen LogP contribution in [-0.4, -0.2) is 48.6 Å². The molecule has 0 spiro atoms. The highest BCUT2D eigenvalue weighted by Gasteiger charge is 2.36. The molecule has 0 aliphatic carbocycles. The molecule has 2 amide bonds. The van der Waals surface area contributed by atoms with Crippen molar-refractivity contribution in [3.8, 4) is 6.07 Å². The molecule has 0 aromatic heterocycles. The van der Waals surface area contributed by atoms with Gasteiger partial charge in [0.05, 0.1) is 24.8 Å². The fourth-order valence-corrected chi connectivity index (χ4v) is 1.55. The number of hydrogen-bond donors (Lipinski definition) is 1. The molecule has 0 radical (unpaired) electrons. The van der Waals surface area contributed by atoms with Crippen LogP contribution in [0.15, 0.2) is 0 Å². The number of ether oxygens (including phenoxy) is 1. The first-order chi connectivity index (χ1) is 7.49. The summed E-state index contributed by atoms with van der Waals surface area (Å²) in [7, 11) is 0. The smallest absolute Gasteiger partial charge is 0.312 e. The Hall–Kier alpha value is -1.61. The molecule has 0 atom stereocenters. The van der Waals surface area contributed by atoms with Gasteiger partial charge in [-0.2, -0.15) is 5.26 Å². The summed E-state index contributed by atoms with van der Waals surface area (Å²) in [6.45, 7) is 4.75. The van der Waals surface area contributed by atoms with Crippen molar-refractivity contribution >= 4 is 11.8 Å². The molecule has 1 rings (SSSR count). The first-order valence-corrected chi connectivity index (χ1v) is 5.03. The Labute approximate surface area is 94.2 Å². The van der Waals surface area contributed by atoms with Gasteiger partial charge in [-0.05, 0) is 13.8 Å². The van der Waals surface area contributed by atoms with Crippen molar-refractivity contribution in [1.82, 2.24) is 10.2 Å². The van der Waals surface area contributed by atoms with Gasteiger partial charge in [-0.1, -0.05) is 0 Å². The van der Waals surface area contributed by atoms with Crippen molar-refractivity contribution in [3.63, 3.8) is 0 Å². The molecular weight excluding hydrogens is 210 g/mol. The van der Waals surface area contributed by atoms with Gasteiger partial charge >= 0.3 is 11.8 Å². The zero-order valence-corrected chi connectivity index (χ0v) is 9.45. The Balaban J connectivity index is 2.65. The van der Waals surface area contributed by atoms with Gasteiger partial charge in [-0.25, -0.2) is 0 Å². The maximum atomic E-state index is 11.8. The molecule has 1 aliphatic rings. The van der Waals surface area contributed by atoms with Crippen molar-refractivity contribution in [2.24, 2.45) is 0 Å². The van der Waals surface area contributed by atoms with Crippen LogP contribution in [0.3, 0.4) is 0 Å². The molecular formula is C10H15N3O3. The van der Waals surface area contributed by atoms with E-state index in [1.807, 2.05) is 13.8 Å². The monoisotopic (exact) mass is 225 g/mol. The molecule has 6 nitrogen and oxygen atoms in total. The normalized spacial score (nSPS) is 18.7. The molecule has 0 saturated carbocycles. The van der Waals surface area contributed by atoms with Crippen LogP contribution in [-0.2, 0) is 14.3 Å². The van der Waals surface area contributed by atoms with E-state index in [2.05, 4.69) is 5.32 Å². The molecule has 0 bridgehead atoms. The van der Waals surface area contributed by atoms with Crippen molar-refractivity contribution in [2.45, 2.75) is 19.4 Å². The third-order valence-electron chi connectivity index (χ3n) is 2.41. The van der Waals surface area contributed by atoms with E-state index >= 15 is 0 Å². The largest absolute Gasteiger partial charge is 0.377 e. The fraction of sp³-hybridized carbons (Fsp3) is 0.700. The van der Waals surface area contributed by atoms with E-state index in [0.29, 0.717) is 19.8 Å². The molecule has 0 aromatic rings. The van der Waals surface area contributed by atoms with Gasteiger partial charge in [0.25, 0.3) is 0 Å². The lowest BCUT2D eigenvalue weighted by Gasteiger charge is -2.41. The molecule has 6 heteroatoms. The summed E-state index contributed by atoms with van der Waals surface area (Å²) in [4.78, 5) is 24.6. The summed E-state index contributed by atoms with van der Waals surface area (Å²) in [6, 6.07) is 1.75. The highest BCUT2D eigenvalue weighted by molar-refractivity contribution is 6.35. The summed E-state index contributed by atoms with van der Waals surface area (Å²) in [5.41, 5.74) is -0.487. The molecule has 0 aromatic carbocycles. The third-order valence-corrected chi connectivity index (χ3v) is 2.41. The number of rotatable bonds is 1. The average molecular weight is 225 g/mol. The first kappa shape index (κ1) is 12.5. The Kier molecular flexibility index (Phi) is 3.85. The molecule has 1 heterocycles. The highest BCUT2D eigenvalue weighted by atomic mass is 16.5. The Morgan fingerprint density at radius 3 is 2.81 bits per heavy atom. The fourth-order valence-electron chi connectivity index (χ4n) is 1.55. The summed E-state index contributed by atoms with van der Waals surface area (Å²) in [5, 5.41) is 10.5. The quantitative estimate of drug-likeness (QED) is 0.471. The lowest BCUT2D eigenvalue weighted by molar-refractivity contribution is -0.156. The Morgan fingerprint density at radius 1 is 1.56 bits per heavy atom. The van der Waals surface area contributed by atoms with Gasteiger partial charge in [0.2, 0.25) is 0 Å². The van der Waals surface area contributed by atoms with Crippen molar-refractivity contribution < 1.29 is 14.3 Å². The van der Waals surface area contributed by atoms with Gasteiger partial charge in [0, 0.05) is 6.54 Å². The van der Waals surface area contributed by atoms with Crippen LogP contribution < -0.4 is 5.32 Å². The van der Waals surface area contributed by atoms with Crippen LogP contribution >= 0.6 is 0 Å². The topological polar surface area (TPSA) is 82.4 Å². The van der Waals surface area contributed by atoms with E-state index in [1.54, 1.807) is 6.07 Å². The third kappa shape index (κ3) is 2.70. The Morgan fingerprint density at radius 2 is 2.25 bits per heavy atom. The summed E-state index contributed by atoms with van der Waals surface area (Å²) in [5.74, 6) is -1.35. The van der Waals surface area contributed by atoms with E-state index in [-0.39, 0.29) is 6.54 Å². The van der Waals surface area contributed by atoms with Gasteiger partial charge in [0.1, 0.15) is 6.54 Å². The molecule has 16 heavy (non-hydrogen) atoms. The van der Waals surface area contributed by atoms with Gasteiger partial charge < -0.3 is 15.0 Å². The van der Waals surface area contributed by atoms with E-state index in [9.17, 15) is 9.59 Å². The second-order valence-corrected chi connectivity index (χ2v) is 4.16. The lowest BCUT2D eigenvalue weighted by atomic mass is 10.0. The predicted octanol–water partition coefficient (Wildman–Crippen LogP) is -0.736. The molecule has 1 N–H and O–H groups in total. The van der Waals surface area contributed by atoms with E-state index in [4.69, 9.17) is 10.00 Å². The number of carbonyl (C=O) groups excluding carboxylic acids is 2. The average Bonchev–Trinajstić information content (AvgIpc) is 2.24. The number of carbonyl (C=O) groups is 2. The van der Waals surface area contributed by atoms with E-state index in [0.717, 1.165) is 0 Å². The van der Waals surface area contributed by atoms with Crippen LogP contribution in [0.4, 0.5) is 0 Å². The minimum atomic E-state index is -0.739. The van der Waals surface area contributed by atoms with Crippen molar-refractivity contribution in [3.05, 3.63) is 0 Å². The number of nitriles is 1. The zero-order valence-electron chi connectivity index (χ0n) is 9.45. The SMILES string of the molecule is CC1(C)COCCN1C(=O)C(=O)NCC#N. The van der Waals surface area contributed by atoms with E-state index in [1.165, 1.54) is 4.90 Å². The molecule has 1 aliphatic heterocycles. The standard InChI is InChI=1S/C10H15N3O3/c1-10(2)7-16-6-5-13(10)9(15)8(14)12-4-3-11/h4-7H2,1-2H3,(H,12,14). The van der Waals surface area contributed by atoms with Crippen LogP contribution in [0.1, 0.15) is 13.8 Å². The number of nitrogens with one attached hydrogen (secondary N) is 1. The predicted molar refractivity (Wildman–Crippen MR) is 55.2 cm³/mol. The minimum Gasteiger partial charge on any atom is -0.377 e. The number of amides is 2. The molecule has 1 saturated heterocycles. The molecule has 88 valence electrons. The lowest BCUT2D eigenvalue weighted by Crippen LogP contribution is -2.58. The molecule has 1 fully saturated rings. The maximum Gasteiger partial charge on any atom is 0.312 e. The molecule has 0 unspecified atom stereocenters. The Bertz CT molecular complexity index is 333. The second kappa shape index (κ2) is 4.94. The van der Waals surface area contributed by atoms with Crippen LogP contribution in [0.2, 0.25) is 0 Å².